The lowest BCUT2D eigenvalue weighted by molar-refractivity contribution is 0.107. The first-order valence-electron chi connectivity index (χ1n) is 6.97. The van der Waals surface area contributed by atoms with Gasteiger partial charge in [-0.25, -0.2) is 0 Å². The zero-order chi connectivity index (χ0) is 13.8. The monoisotopic (exact) mass is 282 g/mol. The third kappa shape index (κ3) is 3.04. The molecule has 1 aliphatic rings. The quantitative estimate of drug-likeness (QED) is 0.921. The summed E-state index contributed by atoms with van der Waals surface area (Å²) in [5.41, 5.74) is 7.06. The van der Waals surface area contributed by atoms with Gasteiger partial charge in [-0.15, -0.1) is 0 Å². The van der Waals surface area contributed by atoms with Crippen LogP contribution in [0.25, 0.3) is 0 Å². The Morgan fingerprint density at radius 3 is 2.89 bits per heavy atom. The van der Waals surface area contributed by atoms with E-state index in [1.807, 2.05) is 18.2 Å². The van der Waals surface area contributed by atoms with Crippen molar-refractivity contribution in [2.75, 3.05) is 20.2 Å². The van der Waals surface area contributed by atoms with Crippen molar-refractivity contribution in [1.29, 1.82) is 0 Å². The molecule has 0 spiro atoms. The van der Waals surface area contributed by atoms with Crippen molar-refractivity contribution in [2.24, 2.45) is 5.73 Å². The second-order valence-corrected chi connectivity index (χ2v) is 5.60. The Bertz CT molecular complexity index is 425. The fraction of sp³-hybridized carbons (Fsp3) is 0.600. The van der Waals surface area contributed by atoms with Crippen LogP contribution >= 0.6 is 11.6 Å². The van der Waals surface area contributed by atoms with Crippen LogP contribution in [0.2, 0.25) is 5.02 Å². The SMILES string of the molecule is COc1cccc(Cl)c1C(CN)N1CCCCC1C. The van der Waals surface area contributed by atoms with Gasteiger partial charge in [0.2, 0.25) is 0 Å². The minimum absolute atomic E-state index is 0.138. The molecule has 3 nitrogen and oxygen atoms in total. The Morgan fingerprint density at radius 2 is 2.26 bits per heavy atom. The molecule has 2 atom stereocenters. The third-order valence-corrected chi connectivity index (χ3v) is 4.37. The molecule has 0 aromatic heterocycles. The summed E-state index contributed by atoms with van der Waals surface area (Å²) in [4.78, 5) is 2.47. The first-order chi connectivity index (χ1) is 9.19. The van der Waals surface area contributed by atoms with Crippen LogP contribution in [0.5, 0.6) is 5.75 Å². The maximum Gasteiger partial charge on any atom is 0.125 e. The maximum absolute atomic E-state index is 6.39. The number of rotatable bonds is 4. The van der Waals surface area contributed by atoms with E-state index in [1.54, 1.807) is 7.11 Å². The molecule has 19 heavy (non-hydrogen) atoms. The normalized spacial score (nSPS) is 22.2. The zero-order valence-electron chi connectivity index (χ0n) is 11.7. The highest BCUT2D eigenvalue weighted by atomic mass is 35.5. The summed E-state index contributed by atoms with van der Waals surface area (Å²) in [6, 6.07) is 6.47. The highest BCUT2D eigenvalue weighted by Crippen LogP contribution is 2.37. The van der Waals surface area contributed by atoms with Gasteiger partial charge in [-0.05, 0) is 38.4 Å². The van der Waals surface area contributed by atoms with Crippen LogP contribution in [-0.4, -0.2) is 31.1 Å². The number of halogens is 1. The average Bonchev–Trinajstić information content (AvgIpc) is 2.43. The Kier molecular flexibility index (Phi) is 5.08. The fourth-order valence-electron chi connectivity index (χ4n) is 3.02. The van der Waals surface area contributed by atoms with Crippen LogP contribution in [-0.2, 0) is 0 Å². The van der Waals surface area contributed by atoms with E-state index in [0.717, 1.165) is 22.9 Å². The second-order valence-electron chi connectivity index (χ2n) is 5.19. The number of methoxy groups -OCH3 is 1. The van der Waals surface area contributed by atoms with Crippen LogP contribution in [0, 0.1) is 0 Å². The van der Waals surface area contributed by atoms with Crippen molar-refractivity contribution in [3.8, 4) is 5.75 Å². The molecular weight excluding hydrogens is 260 g/mol. The first-order valence-corrected chi connectivity index (χ1v) is 7.35. The fourth-order valence-corrected chi connectivity index (χ4v) is 3.31. The van der Waals surface area contributed by atoms with Crippen molar-refractivity contribution in [1.82, 2.24) is 4.90 Å². The largest absolute Gasteiger partial charge is 0.496 e. The Labute approximate surface area is 120 Å². The molecule has 0 aliphatic carbocycles. The van der Waals surface area contributed by atoms with Gasteiger partial charge in [0.1, 0.15) is 5.75 Å². The molecule has 4 heteroatoms. The van der Waals surface area contributed by atoms with Crippen LogP contribution < -0.4 is 10.5 Å². The molecule has 2 rings (SSSR count). The minimum atomic E-state index is 0.138. The van der Waals surface area contributed by atoms with E-state index in [2.05, 4.69) is 11.8 Å². The van der Waals surface area contributed by atoms with Crippen molar-refractivity contribution < 1.29 is 4.74 Å². The van der Waals surface area contributed by atoms with Gasteiger partial charge in [-0.1, -0.05) is 24.1 Å². The zero-order valence-corrected chi connectivity index (χ0v) is 12.5. The van der Waals surface area contributed by atoms with Gasteiger partial charge < -0.3 is 10.5 Å². The van der Waals surface area contributed by atoms with E-state index in [1.165, 1.54) is 19.3 Å². The lowest BCUT2D eigenvalue weighted by atomic mass is 9.96. The van der Waals surface area contributed by atoms with Crippen molar-refractivity contribution in [2.45, 2.75) is 38.3 Å². The van der Waals surface area contributed by atoms with Crippen LogP contribution in [0.3, 0.4) is 0 Å². The summed E-state index contributed by atoms with van der Waals surface area (Å²) in [6.45, 7) is 3.91. The summed E-state index contributed by atoms with van der Waals surface area (Å²) < 4.78 is 5.47. The molecule has 1 saturated heterocycles. The minimum Gasteiger partial charge on any atom is -0.496 e. The van der Waals surface area contributed by atoms with Crippen LogP contribution in [0.4, 0.5) is 0 Å². The number of hydrogen-bond donors (Lipinski definition) is 1. The number of likely N-dealkylation sites (tertiary alicyclic amines) is 1. The topological polar surface area (TPSA) is 38.5 Å². The highest BCUT2D eigenvalue weighted by Gasteiger charge is 2.29. The molecule has 1 aliphatic heterocycles. The van der Waals surface area contributed by atoms with Gasteiger partial charge in [0, 0.05) is 23.2 Å². The highest BCUT2D eigenvalue weighted by molar-refractivity contribution is 6.31. The molecule has 2 N–H and O–H groups in total. The number of ether oxygens (including phenoxy) is 1. The molecule has 1 aromatic carbocycles. The predicted molar refractivity (Wildman–Crippen MR) is 79.8 cm³/mol. The average molecular weight is 283 g/mol. The lowest BCUT2D eigenvalue weighted by Crippen LogP contribution is -2.43. The van der Waals surface area contributed by atoms with Crippen LogP contribution in [0.15, 0.2) is 18.2 Å². The molecule has 2 unspecified atom stereocenters. The molecule has 0 saturated carbocycles. The molecule has 0 amide bonds. The van der Waals surface area contributed by atoms with Gasteiger partial charge in [-0.3, -0.25) is 4.90 Å². The first kappa shape index (κ1) is 14.6. The Hall–Kier alpha value is -0.770. The second kappa shape index (κ2) is 6.60. The van der Waals surface area contributed by atoms with Gasteiger partial charge >= 0.3 is 0 Å². The number of benzene rings is 1. The molecule has 1 aromatic rings. The molecule has 0 radical (unpaired) electrons. The molecule has 106 valence electrons. The molecular formula is C15H23ClN2O. The van der Waals surface area contributed by atoms with E-state index >= 15 is 0 Å². The van der Waals surface area contributed by atoms with E-state index < -0.39 is 0 Å². The number of nitrogens with zero attached hydrogens (tertiary/aromatic N) is 1. The maximum atomic E-state index is 6.39. The van der Waals surface area contributed by atoms with E-state index in [4.69, 9.17) is 22.1 Å². The van der Waals surface area contributed by atoms with Gasteiger partial charge in [0.15, 0.2) is 0 Å². The van der Waals surface area contributed by atoms with Gasteiger partial charge in [0.05, 0.1) is 13.2 Å². The number of hydrogen-bond acceptors (Lipinski definition) is 3. The standard InChI is InChI=1S/C15H23ClN2O/c1-11-6-3-4-9-18(11)13(10-17)15-12(16)7-5-8-14(15)19-2/h5,7-8,11,13H,3-4,6,9-10,17H2,1-2H3. The van der Waals surface area contributed by atoms with Crippen molar-refractivity contribution >= 4 is 11.6 Å². The smallest absolute Gasteiger partial charge is 0.125 e. The van der Waals surface area contributed by atoms with E-state index in [9.17, 15) is 0 Å². The molecule has 1 fully saturated rings. The number of nitrogens with two attached hydrogens (primary N) is 1. The molecule has 0 bridgehead atoms. The lowest BCUT2D eigenvalue weighted by Gasteiger charge is -2.40. The number of piperidine rings is 1. The summed E-state index contributed by atoms with van der Waals surface area (Å²) in [7, 11) is 1.68. The van der Waals surface area contributed by atoms with Gasteiger partial charge in [-0.2, -0.15) is 0 Å². The van der Waals surface area contributed by atoms with E-state index in [-0.39, 0.29) is 6.04 Å². The Balaban J connectivity index is 2.36. The molecule has 1 heterocycles. The summed E-state index contributed by atoms with van der Waals surface area (Å²) in [6.07, 6.45) is 3.76. The van der Waals surface area contributed by atoms with Gasteiger partial charge in [0.25, 0.3) is 0 Å². The van der Waals surface area contributed by atoms with E-state index in [0.29, 0.717) is 12.6 Å². The predicted octanol–water partition coefficient (Wildman–Crippen LogP) is 3.22. The van der Waals surface area contributed by atoms with Crippen LogP contribution in [0.1, 0.15) is 37.8 Å². The summed E-state index contributed by atoms with van der Waals surface area (Å²) in [5, 5.41) is 0.743. The third-order valence-electron chi connectivity index (χ3n) is 4.04. The Morgan fingerprint density at radius 1 is 1.47 bits per heavy atom. The van der Waals surface area contributed by atoms with Crippen molar-refractivity contribution in [3.05, 3.63) is 28.8 Å². The summed E-state index contributed by atoms with van der Waals surface area (Å²) >= 11 is 6.39. The van der Waals surface area contributed by atoms with Crippen molar-refractivity contribution in [3.63, 3.8) is 0 Å². The summed E-state index contributed by atoms with van der Waals surface area (Å²) in [5.74, 6) is 0.834.